The van der Waals surface area contributed by atoms with Crippen molar-refractivity contribution in [2.45, 2.75) is 6.92 Å². The van der Waals surface area contributed by atoms with Gasteiger partial charge in [0.05, 0.1) is 22.7 Å². The van der Waals surface area contributed by atoms with E-state index in [9.17, 15) is 9.59 Å². The first-order valence-corrected chi connectivity index (χ1v) is 14.8. The third-order valence-corrected chi connectivity index (χ3v) is 7.75. The molecule has 2 aliphatic heterocycles. The minimum atomic E-state index is -0.155. The number of halogens is 3. The van der Waals surface area contributed by atoms with E-state index in [1.807, 2.05) is 67.6 Å². The average molecular weight is 642 g/mol. The number of hydrogen-bond acceptors (Lipinski definition) is 4. The number of aliphatic imine (C=N–C) groups is 2. The summed E-state index contributed by atoms with van der Waals surface area (Å²) < 4.78 is 0. The van der Waals surface area contributed by atoms with E-state index < -0.39 is 0 Å². The molecule has 6 nitrogen and oxygen atoms in total. The molecule has 0 saturated carbocycles. The Kier molecular flexibility index (Phi) is 9.45. The molecule has 0 aliphatic carbocycles. The largest absolute Gasteiger partial charge is 0.303 e. The van der Waals surface area contributed by atoms with Crippen molar-refractivity contribution in [3.05, 3.63) is 142 Å². The molecule has 0 unspecified atom stereocenters. The van der Waals surface area contributed by atoms with E-state index >= 15 is 0 Å². The number of nitrogens with zero attached hydrogens (tertiary/aromatic N) is 4. The van der Waals surface area contributed by atoms with Crippen LogP contribution < -0.4 is 9.80 Å². The molecule has 0 bridgehead atoms. The van der Waals surface area contributed by atoms with E-state index in [0.29, 0.717) is 51.0 Å². The first kappa shape index (κ1) is 31.0. The highest BCUT2D eigenvalue weighted by atomic mass is 35.5. The van der Waals surface area contributed by atoms with Gasteiger partial charge in [-0.25, -0.2) is 9.98 Å². The van der Waals surface area contributed by atoms with Gasteiger partial charge in [0.25, 0.3) is 11.8 Å². The Morgan fingerprint density at radius 3 is 1.61 bits per heavy atom. The lowest BCUT2D eigenvalue weighted by Gasteiger charge is -2.13. The van der Waals surface area contributed by atoms with Gasteiger partial charge in [0.2, 0.25) is 0 Å². The van der Waals surface area contributed by atoms with E-state index in [0.717, 1.165) is 28.1 Å². The molecule has 0 aromatic heterocycles. The molecule has 9 heteroatoms. The first-order chi connectivity index (χ1) is 21.2. The molecule has 0 fully saturated rings. The summed E-state index contributed by atoms with van der Waals surface area (Å²) in [5, 5.41) is 1.60. The standard InChI is InChI=1S/C18H15ClN2O.C17H12Cl2N2O/c1-3-10-21-16-7-5-4-6-14(16)17(18(21)22)20-13-9-8-12(2)15(19)11-13;1-2-7-21-15-6-4-3-5-14(15)16(17(21)22)20-13-9-11(18)8-12(19)10-13/h3-9,11H,1,10H2,2H3;2-6,8-10H,1,7H2. The highest BCUT2D eigenvalue weighted by Crippen LogP contribution is 2.33. The van der Waals surface area contributed by atoms with Crippen LogP contribution in [-0.4, -0.2) is 36.3 Å². The van der Waals surface area contributed by atoms with E-state index in [4.69, 9.17) is 34.8 Å². The summed E-state index contributed by atoms with van der Waals surface area (Å²) in [6, 6.07) is 25.7. The lowest BCUT2D eigenvalue weighted by molar-refractivity contribution is -0.112. The fraction of sp³-hybridized carbons (Fsp3) is 0.0857. The number of aryl methyl sites for hydroxylation is 1. The molecule has 2 amide bonds. The minimum Gasteiger partial charge on any atom is -0.303 e. The molecule has 44 heavy (non-hydrogen) atoms. The van der Waals surface area contributed by atoms with E-state index in [2.05, 4.69) is 23.1 Å². The molecule has 220 valence electrons. The lowest BCUT2D eigenvalue weighted by atomic mass is 10.1. The second-order valence-electron chi connectivity index (χ2n) is 9.93. The van der Waals surface area contributed by atoms with Gasteiger partial charge in [0.1, 0.15) is 11.4 Å². The maximum Gasteiger partial charge on any atom is 0.277 e. The van der Waals surface area contributed by atoms with Crippen LogP contribution in [0, 0.1) is 6.92 Å². The summed E-state index contributed by atoms with van der Waals surface area (Å²) in [5.41, 5.74) is 6.37. The third-order valence-electron chi connectivity index (χ3n) is 6.90. The van der Waals surface area contributed by atoms with Gasteiger partial charge in [-0.2, -0.15) is 0 Å². The highest BCUT2D eigenvalue weighted by molar-refractivity contribution is 6.55. The summed E-state index contributed by atoms with van der Waals surface area (Å²) in [5.74, 6) is -0.269. The van der Waals surface area contributed by atoms with Crippen LogP contribution in [0.15, 0.2) is 120 Å². The van der Waals surface area contributed by atoms with E-state index in [-0.39, 0.29) is 11.8 Å². The molecular weight excluding hydrogens is 615 g/mol. The molecule has 2 aliphatic rings. The molecule has 4 aromatic rings. The number of para-hydroxylation sites is 2. The lowest BCUT2D eigenvalue weighted by Crippen LogP contribution is -2.30. The Hall–Kier alpha value is -4.49. The minimum absolute atomic E-state index is 0.113. The Morgan fingerprint density at radius 2 is 1.14 bits per heavy atom. The molecule has 0 N–H and O–H groups in total. The summed E-state index contributed by atoms with van der Waals surface area (Å²) in [6.07, 6.45) is 3.40. The highest BCUT2D eigenvalue weighted by Gasteiger charge is 2.34. The molecule has 6 rings (SSSR count). The molecule has 0 saturated heterocycles. The zero-order valence-corrected chi connectivity index (χ0v) is 26.1. The number of benzene rings is 4. The van der Waals surface area contributed by atoms with Crippen LogP contribution in [0.25, 0.3) is 0 Å². The number of hydrogen-bond donors (Lipinski definition) is 0. The quantitative estimate of drug-likeness (QED) is 0.197. The second kappa shape index (κ2) is 13.4. The maximum atomic E-state index is 12.6. The van der Waals surface area contributed by atoms with E-state index in [1.54, 1.807) is 46.2 Å². The van der Waals surface area contributed by atoms with Gasteiger partial charge in [-0.15, -0.1) is 13.2 Å². The van der Waals surface area contributed by atoms with Crippen LogP contribution in [-0.2, 0) is 9.59 Å². The Bertz CT molecular complexity index is 1840. The van der Waals surface area contributed by atoms with Crippen LogP contribution in [0.3, 0.4) is 0 Å². The zero-order valence-electron chi connectivity index (χ0n) is 23.8. The van der Waals surface area contributed by atoms with Crippen molar-refractivity contribution < 1.29 is 9.59 Å². The maximum absolute atomic E-state index is 12.6. The number of amides is 2. The molecule has 0 radical (unpaired) electrons. The number of carbonyl (C=O) groups is 2. The molecule has 0 atom stereocenters. The van der Waals surface area contributed by atoms with Crippen LogP contribution in [0.1, 0.15) is 16.7 Å². The first-order valence-electron chi connectivity index (χ1n) is 13.7. The predicted molar refractivity (Wildman–Crippen MR) is 183 cm³/mol. The predicted octanol–water partition coefficient (Wildman–Crippen LogP) is 8.95. The van der Waals surface area contributed by atoms with Crippen molar-refractivity contribution in [1.29, 1.82) is 0 Å². The molecule has 0 spiro atoms. The molecule has 2 heterocycles. The Balaban J connectivity index is 0.000000175. The van der Waals surface area contributed by atoms with E-state index in [1.165, 1.54) is 0 Å². The second-order valence-corrected chi connectivity index (χ2v) is 11.2. The zero-order chi connectivity index (χ0) is 31.4. The number of fused-ring (bicyclic) bond motifs is 2. The van der Waals surface area contributed by atoms with Crippen molar-refractivity contribution in [2.75, 3.05) is 22.9 Å². The number of carbonyl (C=O) groups excluding carboxylic acids is 2. The van der Waals surface area contributed by atoms with Gasteiger partial charge in [-0.3, -0.25) is 9.59 Å². The van der Waals surface area contributed by atoms with Gasteiger partial charge in [0.15, 0.2) is 0 Å². The van der Waals surface area contributed by atoms with Crippen molar-refractivity contribution in [3.63, 3.8) is 0 Å². The van der Waals surface area contributed by atoms with Gasteiger partial charge in [-0.1, -0.05) is 89.4 Å². The van der Waals surface area contributed by atoms with Gasteiger partial charge in [-0.05, 0) is 55.0 Å². The average Bonchev–Trinajstić information content (AvgIpc) is 3.41. The van der Waals surface area contributed by atoms with Crippen LogP contribution in [0.5, 0.6) is 0 Å². The van der Waals surface area contributed by atoms with Gasteiger partial charge >= 0.3 is 0 Å². The third kappa shape index (κ3) is 6.38. The normalized spacial score (nSPS) is 15.3. The van der Waals surface area contributed by atoms with Crippen molar-refractivity contribution in [3.8, 4) is 0 Å². The number of anilines is 2. The summed E-state index contributed by atoms with van der Waals surface area (Å²) in [7, 11) is 0. The van der Waals surface area contributed by atoms with Crippen molar-refractivity contribution >= 4 is 80.8 Å². The van der Waals surface area contributed by atoms with Gasteiger partial charge in [0, 0.05) is 39.3 Å². The number of rotatable bonds is 6. The fourth-order valence-corrected chi connectivity index (χ4v) is 5.56. The van der Waals surface area contributed by atoms with Gasteiger partial charge < -0.3 is 9.80 Å². The van der Waals surface area contributed by atoms with Crippen molar-refractivity contribution in [1.82, 2.24) is 0 Å². The summed E-state index contributed by atoms with van der Waals surface area (Å²) in [6.45, 7) is 10.2. The molecule has 4 aromatic carbocycles. The molecular formula is C35H27Cl3N4O2. The van der Waals surface area contributed by atoms with Crippen molar-refractivity contribution in [2.24, 2.45) is 9.98 Å². The topological polar surface area (TPSA) is 65.3 Å². The monoisotopic (exact) mass is 640 g/mol. The Morgan fingerprint density at radius 1 is 0.659 bits per heavy atom. The van der Waals surface area contributed by atoms with Crippen LogP contribution >= 0.6 is 34.8 Å². The SMILES string of the molecule is C=CCN1C(=O)C(=Nc2cc(Cl)cc(Cl)c2)c2ccccc21.C=CCN1C(=O)C(=Nc2ccc(C)c(Cl)c2)c2ccccc21. The van der Waals surface area contributed by atoms with Crippen LogP contribution in [0.2, 0.25) is 15.1 Å². The fourth-order valence-electron chi connectivity index (χ4n) is 4.87. The van der Waals surface area contributed by atoms with Crippen LogP contribution in [0.4, 0.5) is 22.7 Å². The summed E-state index contributed by atoms with van der Waals surface area (Å²) in [4.78, 5) is 37.5. The smallest absolute Gasteiger partial charge is 0.277 e. The Labute approximate surface area is 271 Å². The summed E-state index contributed by atoms with van der Waals surface area (Å²) >= 11 is 18.1.